The first-order chi connectivity index (χ1) is 12.9. The fraction of sp³-hybridized carbons (Fsp3) is 0.227. The molecule has 0 amide bonds. The third-order valence-electron chi connectivity index (χ3n) is 4.68. The van der Waals surface area contributed by atoms with E-state index in [4.69, 9.17) is 4.74 Å². The summed E-state index contributed by atoms with van der Waals surface area (Å²) in [5, 5.41) is 6.70. The number of nitrogens with one attached hydrogen (secondary N) is 2. The number of ether oxygens (including phenoxy) is 1. The second-order valence-corrected chi connectivity index (χ2v) is 6.58. The Morgan fingerprint density at radius 2 is 1.81 bits per heavy atom. The SMILES string of the molecule is C1=NC2CC(NCc3ccc(COc4ccccc4)cc3)=CC=C2CN1. The van der Waals surface area contributed by atoms with Crippen molar-refractivity contribution in [1.29, 1.82) is 0 Å². The molecule has 1 unspecified atom stereocenters. The van der Waals surface area contributed by atoms with Crippen LogP contribution in [0.4, 0.5) is 0 Å². The molecule has 4 rings (SSSR count). The van der Waals surface area contributed by atoms with Gasteiger partial charge in [0.25, 0.3) is 0 Å². The molecule has 1 heterocycles. The number of fused-ring (bicyclic) bond motifs is 1. The highest BCUT2D eigenvalue weighted by Crippen LogP contribution is 2.22. The minimum absolute atomic E-state index is 0.293. The Labute approximate surface area is 154 Å². The lowest BCUT2D eigenvalue weighted by molar-refractivity contribution is 0.306. The number of benzene rings is 2. The maximum Gasteiger partial charge on any atom is 0.119 e. The molecule has 0 aromatic heterocycles. The van der Waals surface area contributed by atoms with E-state index in [1.165, 1.54) is 22.4 Å². The van der Waals surface area contributed by atoms with Crippen molar-refractivity contribution in [3.8, 4) is 5.75 Å². The summed E-state index contributed by atoms with van der Waals surface area (Å²) in [5.74, 6) is 0.899. The highest BCUT2D eigenvalue weighted by Gasteiger charge is 2.19. The molecular weight excluding hydrogens is 322 g/mol. The summed E-state index contributed by atoms with van der Waals surface area (Å²) in [6, 6.07) is 18.8. The highest BCUT2D eigenvalue weighted by molar-refractivity contribution is 5.58. The maximum atomic E-state index is 5.79. The Morgan fingerprint density at radius 1 is 1.00 bits per heavy atom. The van der Waals surface area contributed by atoms with Crippen molar-refractivity contribution < 1.29 is 4.74 Å². The van der Waals surface area contributed by atoms with Gasteiger partial charge in [0.1, 0.15) is 12.4 Å². The van der Waals surface area contributed by atoms with Gasteiger partial charge in [0, 0.05) is 25.2 Å². The lowest BCUT2D eigenvalue weighted by Crippen LogP contribution is -2.31. The van der Waals surface area contributed by atoms with Gasteiger partial charge >= 0.3 is 0 Å². The fourth-order valence-corrected chi connectivity index (χ4v) is 3.14. The molecule has 26 heavy (non-hydrogen) atoms. The van der Waals surface area contributed by atoms with E-state index in [2.05, 4.69) is 52.0 Å². The third-order valence-corrected chi connectivity index (χ3v) is 4.68. The zero-order valence-corrected chi connectivity index (χ0v) is 14.7. The maximum absolute atomic E-state index is 5.79. The van der Waals surface area contributed by atoms with E-state index in [0.29, 0.717) is 12.6 Å². The molecule has 1 atom stereocenters. The topological polar surface area (TPSA) is 45.7 Å². The zero-order valence-electron chi connectivity index (χ0n) is 14.7. The van der Waals surface area contributed by atoms with Gasteiger partial charge in [-0.15, -0.1) is 0 Å². The van der Waals surface area contributed by atoms with Gasteiger partial charge in [-0.3, -0.25) is 4.99 Å². The summed E-state index contributed by atoms with van der Waals surface area (Å²) in [6.45, 7) is 2.32. The summed E-state index contributed by atoms with van der Waals surface area (Å²) in [5.41, 5.74) is 5.04. The molecule has 4 nitrogen and oxygen atoms in total. The summed E-state index contributed by atoms with van der Waals surface area (Å²) >= 11 is 0. The lowest BCUT2D eigenvalue weighted by Gasteiger charge is -2.25. The van der Waals surface area contributed by atoms with Crippen molar-refractivity contribution in [3.63, 3.8) is 0 Å². The predicted octanol–water partition coefficient (Wildman–Crippen LogP) is 3.57. The van der Waals surface area contributed by atoms with Crippen LogP contribution in [0, 0.1) is 0 Å². The summed E-state index contributed by atoms with van der Waals surface area (Å²) in [6.07, 6.45) is 7.13. The van der Waals surface area contributed by atoms with Gasteiger partial charge in [-0.25, -0.2) is 0 Å². The van der Waals surface area contributed by atoms with E-state index >= 15 is 0 Å². The van der Waals surface area contributed by atoms with E-state index in [0.717, 1.165) is 25.3 Å². The van der Waals surface area contributed by atoms with Gasteiger partial charge in [-0.2, -0.15) is 0 Å². The first-order valence-electron chi connectivity index (χ1n) is 9.01. The van der Waals surface area contributed by atoms with Crippen molar-refractivity contribution in [1.82, 2.24) is 10.6 Å². The van der Waals surface area contributed by atoms with E-state index in [-0.39, 0.29) is 0 Å². The van der Waals surface area contributed by atoms with Crippen LogP contribution >= 0.6 is 0 Å². The molecule has 1 aliphatic heterocycles. The fourth-order valence-electron chi connectivity index (χ4n) is 3.14. The molecule has 0 saturated heterocycles. The molecule has 0 radical (unpaired) electrons. The van der Waals surface area contributed by atoms with Gasteiger partial charge in [-0.1, -0.05) is 48.5 Å². The molecule has 4 heteroatoms. The van der Waals surface area contributed by atoms with Gasteiger partial charge in [-0.05, 0) is 34.9 Å². The van der Waals surface area contributed by atoms with E-state index in [1.54, 1.807) is 0 Å². The highest BCUT2D eigenvalue weighted by atomic mass is 16.5. The van der Waals surface area contributed by atoms with Gasteiger partial charge in [0.2, 0.25) is 0 Å². The standard InChI is InChI=1S/C22H23N3O/c1-2-4-21(5-3-1)26-15-18-8-6-17(7-9-18)13-24-20-11-10-19-14-23-16-25-22(19)12-20/h1-11,16,22,24H,12-15H2,(H,23,25). The Kier molecular flexibility index (Phi) is 5.01. The van der Waals surface area contributed by atoms with E-state index in [9.17, 15) is 0 Å². The van der Waals surface area contributed by atoms with E-state index in [1.807, 2.05) is 36.7 Å². The number of aliphatic imine (C=N–C) groups is 1. The predicted molar refractivity (Wildman–Crippen MR) is 105 cm³/mol. The Morgan fingerprint density at radius 3 is 2.65 bits per heavy atom. The number of para-hydroxylation sites is 1. The van der Waals surface area contributed by atoms with Crippen molar-refractivity contribution >= 4 is 6.34 Å². The lowest BCUT2D eigenvalue weighted by atomic mass is 9.96. The molecule has 2 aromatic rings. The van der Waals surface area contributed by atoms with Gasteiger partial charge in [0.05, 0.1) is 12.4 Å². The number of allylic oxidation sites excluding steroid dienone is 2. The third kappa shape index (κ3) is 4.14. The smallest absolute Gasteiger partial charge is 0.119 e. The van der Waals surface area contributed by atoms with Gasteiger partial charge < -0.3 is 15.4 Å². The molecule has 1 aliphatic carbocycles. The molecule has 2 N–H and O–H groups in total. The van der Waals surface area contributed by atoms with Crippen molar-refractivity contribution in [2.24, 2.45) is 4.99 Å². The number of rotatable bonds is 6. The van der Waals surface area contributed by atoms with Crippen molar-refractivity contribution in [3.05, 3.63) is 89.1 Å². The summed E-state index contributed by atoms with van der Waals surface area (Å²) in [7, 11) is 0. The molecule has 0 saturated carbocycles. The quantitative estimate of drug-likeness (QED) is 0.841. The summed E-state index contributed by atoms with van der Waals surface area (Å²) < 4.78 is 5.79. The Bertz CT molecular complexity index is 822. The van der Waals surface area contributed by atoms with Crippen LogP contribution in [0.3, 0.4) is 0 Å². The van der Waals surface area contributed by atoms with E-state index < -0.39 is 0 Å². The monoisotopic (exact) mass is 345 g/mol. The van der Waals surface area contributed by atoms with Crippen LogP contribution in [0.1, 0.15) is 17.5 Å². The van der Waals surface area contributed by atoms with Gasteiger partial charge in [0.15, 0.2) is 0 Å². The minimum Gasteiger partial charge on any atom is -0.489 e. The van der Waals surface area contributed by atoms with Crippen LogP contribution in [0.15, 0.2) is 83.0 Å². The van der Waals surface area contributed by atoms with Crippen molar-refractivity contribution in [2.75, 3.05) is 6.54 Å². The minimum atomic E-state index is 0.293. The summed E-state index contributed by atoms with van der Waals surface area (Å²) in [4.78, 5) is 4.51. The van der Waals surface area contributed by atoms with Crippen LogP contribution in [0.5, 0.6) is 5.75 Å². The van der Waals surface area contributed by atoms with Crippen LogP contribution < -0.4 is 15.4 Å². The van der Waals surface area contributed by atoms with Crippen molar-refractivity contribution in [2.45, 2.75) is 25.6 Å². The average molecular weight is 345 g/mol. The molecule has 2 aromatic carbocycles. The first-order valence-corrected chi connectivity index (χ1v) is 9.01. The number of nitrogens with zero attached hydrogens (tertiary/aromatic N) is 1. The van der Waals surface area contributed by atoms with Crippen LogP contribution in [-0.2, 0) is 13.2 Å². The largest absolute Gasteiger partial charge is 0.489 e. The second-order valence-electron chi connectivity index (χ2n) is 6.58. The zero-order chi connectivity index (χ0) is 17.6. The average Bonchev–Trinajstić information content (AvgIpc) is 2.72. The molecule has 2 aliphatic rings. The number of hydrogen-bond acceptors (Lipinski definition) is 4. The molecule has 0 bridgehead atoms. The Hall–Kier alpha value is -3.01. The molecular formula is C22H23N3O. The number of hydrogen-bond donors (Lipinski definition) is 2. The normalized spacial score (nSPS) is 18.2. The Balaban J connectivity index is 1.29. The first kappa shape index (κ1) is 16.5. The van der Waals surface area contributed by atoms with Crippen LogP contribution in [0.25, 0.3) is 0 Å². The second kappa shape index (κ2) is 7.91. The molecule has 0 spiro atoms. The van der Waals surface area contributed by atoms with Crippen LogP contribution in [0.2, 0.25) is 0 Å². The van der Waals surface area contributed by atoms with Crippen LogP contribution in [-0.4, -0.2) is 18.9 Å². The molecule has 0 fully saturated rings. The molecule has 132 valence electrons.